The first-order chi connectivity index (χ1) is 13.3. The molecule has 1 amide bonds. The lowest BCUT2D eigenvalue weighted by molar-refractivity contribution is -0.121. The molecule has 3 rings (SSSR count). The summed E-state index contributed by atoms with van der Waals surface area (Å²) < 4.78 is 67.1. The summed E-state index contributed by atoms with van der Waals surface area (Å²) in [5.41, 5.74) is 0.430. The Morgan fingerprint density at radius 1 is 1.04 bits per heavy atom. The summed E-state index contributed by atoms with van der Waals surface area (Å²) in [5, 5.41) is 3.43. The summed E-state index contributed by atoms with van der Waals surface area (Å²) in [5.74, 6) is -11.7. The molecule has 1 aromatic heterocycles. The Morgan fingerprint density at radius 3 is 2.32 bits per heavy atom. The Labute approximate surface area is 152 Å². The number of carbonyl (C=O) groups is 1. The molecule has 28 heavy (non-hydrogen) atoms. The third-order valence-electron chi connectivity index (χ3n) is 3.67. The zero-order valence-electron chi connectivity index (χ0n) is 13.7. The van der Waals surface area contributed by atoms with E-state index in [1.54, 1.807) is 18.2 Å². The zero-order valence-corrected chi connectivity index (χ0v) is 13.7. The van der Waals surface area contributed by atoms with E-state index in [0.717, 1.165) is 10.9 Å². The molecule has 1 heterocycles. The van der Waals surface area contributed by atoms with Gasteiger partial charge in [0.2, 0.25) is 5.82 Å². The van der Waals surface area contributed by atoms with E-state index < -0.39 is 52.7 Å². The van der Waals surface area contributed by atoms with E-state index in [2.05, 4.69) is 10.1 Å². The molecule has 144 valence electrons. The van der Waals surface area contributed by atoms with Gasteiger partial charge in [0, 0.05) is 0 Å². The highest BCUT2D eigenvalue weighted by atomic mass is 19.2. The fourth-order valence-electron chi connectivity index (χ4n) is 2.31. The number of benzene rings is 2. The van der Waals surface area contributed by atoms with Gasteiger partial charge in [-0.1, -0.05) is 12.1 Å². The molecule has 0 saturated heterocycles. The van der Waals surface area contributed by atoms with Gasteiger partial charge in [0.05, 0.1) is 29.0 Å². The number of hydrogen-bond acceptors (Lipinski definition) is 4. The van der Waals surface area contributed by atoms with Crippen molar-refractivity contribution in [3.8, 4) is 0 Å². The van der Waals surface area contributed by atoms with Crippen LogP contribution in [0.2, 0.25) is 0 Å². The van der Waals surface area contributed by atoms with Gasteiger partial charge in [-0.05, 0) is 12.1 Å². The third kappa shape index (κ3) is 3.46. The van der Waals surface area contributed by atoms with E-state index in [9.17, 15) is 31.5 Å². The molecule has 0 bridgehead atoms. The number of hydrogen-bond donors (Lipinski definition) is 1. The summed E-state index contributed by atoms with van der Waals surface area (Å²) in [6.45, 7) is -0.537. The average molecular weight is 396 g/mol. The molecule has 0 aliphatic heterocycles. The molecule has 0 aliphatic rings. The van der Waals surface area contributed by atoms with Gasteiger partial charge >= 0.3 is 0 Å². The smallest absolute Gasteiger partial charge is 0.261 e. The largest absolute Gasteiger partial charge is 0.289 e. The number of halogens is 5. The van der Waals surface area contributed by atoms with Crippen molar-refractivity contribution in [1.82, 2.24) is 15.0 Å². The van der Waals surface area contributed by atoms with Gasteiger partial charge < -0.3 is 0 Å². The van der Waals surface area contributed by atoms with Crippen LogP contribution in [0.15, 0.2) is 40.5 Å². The van der Waals surface area contributed by atoms with Crippen molar-refractivity contribution in [3.63, 3.8) is 0 Å². The average Bonchev–Trinajstić information content (AvgIpc) is 2.70. The molecule has 3 aromatic rings. The number of amides is 1. The van der Waals surface area contributed by atoms with Gasteiger partial charge in [0.25, 0.3) is 11.5 Å². The van der Waals surface area contributed by atoms with Gasteiger partial charge in [-0.3, -0.25) is 14.2 Å². The van der Waals surface area contributed by atoms with Gasteiger partial charge in [-0.2, -0.15) is 5.10 Å². The number of aromatic nitrogens is 2. The number of carbonyl (C=O) groups excluding carboxylic acids is 1. The van der Waals surface area contributed by atoms with Crippen molar-refractivity contribution in [2.24, 2.45) is 5.10 Å². The number of rotatable bonds is 4. The topological polar surface area (TPSA) is 76.3 Å². The normalized spacial score (nSPS) is 11.3. The summed E-state index contributed by atoms with van der Waals surface area (Å²) >= 11 is 0. The summed E-state index contributed by atoms with van der Waals surface area (Å²) in [6, 6.07) is 6.42. The fraction of sp³-hybridized carbons (Fsp3) is 0.0588. The lowest BCUT2D eigenvalue weighted by atomic mass is 10.2. The number of nitrogens with zero attached hydrogens (tertiary/aromatic N) is 3. The molecule has 1 N–H and O–H groups in total. The van der Waals surface area contributed by atoms with E-state index in [4.69, 9.17) is 0 Å². The van der Waals surface area contributed by atoms with Crippen molar-refractivity contribution in [2.45, 2.75) is 6.54 Å². The van der Waals surface area contributed by atoms with E-state index >= 15 is 0 Å². The second-order valence-corrected chi connectivity index (χ2v) is 5.47. The Morgan fingerprint density at radius 2 is 1.64 bits per heavy atom. The van der Waals surface area contributed by atoms with Gasteiger partial charge in [0.15, 0.2) is 23.3 Å². The molecule has 11 heteroatoms. The minimum Gasteiger partial charge on any atom is -0.289 e. The highest BCUT2D eigenvalue weighted by Gasteiger charge is 2.24. The van der Waals surface area contributed by atoms with Gasteiger partial charge in [-0.25, -0.2) is 32.4 Å². The van der Waals surface area contributed by atoms with Crippen LogP contribution >= 0.6 is 0 Å². The molecule has 0 radical (unpaired) electrons. The Balaban J connectivity index is 1.77. The van der Waals surface area contributed by atoms with Crippen LogP contribution in [-0.2, 0) is 11.3 Å². The van der Waals surface area contributed by atoms with E-state index in [1.165, 1.54) is 6.07 Å². The Hall–Kier alpha value is -3.63. The lowest BCUT2D eigenvalue weighted by Gasteiger charge is -2.06. The standard InChI is InChI=1S/C17H9F5N4O2/c18-12-9(13(19)15(21)16(22)14(12)20)5-24-25-11(27)6-26-7-23-10-4-2-1-3-8(10)17(26)28/h1-5,7H,6H2,(H,25,27)/b24-5-. The molecule has 0 fully saturated rings. The molecule has 0 atom stereocenters. The summed E-state index contributed by atoms with van der Waals surface area (Å²) in [4.78, 5) is 28.1. The highest BCUT2D eigenvalue weighted by Crippen LogP contribution is 2.21. The predicted molar refractivity (Wildman–Crippen MR) is 88.0 cm³/mol. The van der Waals surface area contributed by atoms with Gasteiger partial charge in [0.1, 0.15) is 6.54 Å². The Kier molecular flexibility index (Phi) is 5.16. The predicted octanol–water partition coefficient (Wildman–Crippen LogP) is 2.24. The van der Waals surface area contributed by atoms with Crippen LogP contribution < -0.4 is 11.0 Å². The van der Waals surface area contributed by atoms with Crippen molar-refractivity contribution < 1.29 is 26.7 Å². The van der Waals surface area contributed by atoms with Crippen molar-refractivity contribution in [2.75, 3.05) is 0 Å². The molecule has 0 aliphatic carbocycles. The number of para-hydroxylation sites is 1. The van der Waals surface area contributed by atoms with Crippen LogP contribution in [0, 0.1) is 29.1 Å². The van der Waals surface area contributed by atoms with Crippen molar-refractivity contribution >= 4 is 23.0 Å². The van der Waals surface area contributed by atoms with Crippen LogP contribution in [0.1, 0.15) is 5.56 Å². The quantitative estimate of drug-likeness (QED) is 0.242. The number of hydrazone groups is 1. The number of nitrogens with one attached hydrogen (secondary N) is 1. The van der Waals surface area contributed by atoms with Gasteiger partial charge in [-0.15, -0.1) is 0 Å². The van der Waals surface area contributed by atoms with Crippen LogP contribution in [0.3, 0.4) is 0 Å². The molecular weight excluding hydrogens is 387 g/mol. The molecule has 0 spiro atoms. The summed E-state index contributed by atoms with van der Waals surface area (Å²) in [7, 11) is 0. The molecule has 0 unspecified atom stereocenters. The number of fused-ring (bicyclic) bond motifs is 1. The van der Waals surface area contributed by atoms with Crippen molar-refractivity contribution in [1.29, 1.82) is 0 Å². The molecule has 2 aromatic carbocycles. The SMILES string of the molecule is O=C(Cn1cnc2ccccc2c1=O)N/N=C\c1c(F)c(F)c(F)c(F)c1F. The van der Waals surface area contributed by atoms with Crippen LogP contribution in [-0.4, -0.2) is 21.7 Å². The minimum absolute atomic E-state index is 0.266. The first kappa shape index (κ1) is 19.1. The maximum atomic E-state index is 13.5. The van der Waals surface area contributed by atoms with Crippen LogP contribution in [0.25, 0.3) is 10.9 Å². The van der Waals surface area contributed by atoms with Crippen LogP contribution in [0.5, 0.6) is 0 Å². The van der Waals surface area contributed by atoms with Crippen LogP contribution in [0.4, 0.5) is 22.0 Å². The maximum Gasteiger partial charge on any atom is 0.261 e. The van der Waals surface area contributed by atoms with E-state index in [-0.39, 0.29) is 11.6 Å². The van der Waals surface area contributed by atoms with E-state index in [1.807, 2.05) is 5.43 Å². The molecular formula is C17H9F5N4O2. The highest BCUT2D eigenvalue weighted by molar-refractivity contribution is 5.83. The monoisotopic (exact) mass is 396 g/mol. The maximum absolute atomic E-state index is 13.5. The zero-order chi connectivity index (χ0) is 20.4. The Bertz CT molecular complexity index is 1150. The minimum atomic E-state index is -2.31. The fourth-order valence-corrected chi connectivity index (χ4v) is 2.31. The molecule has 0 saturated carbocycles. The molecule has 6 nitrogen and oxygen atoms in total. The second kappa shape index (κ2) is 7.55. The first-order valence-corrected chi connectivity index (χ1v) is 7.58. The summed E-state index contributed by atoms with van der Waals surface area (Å²) in [6.07, 6.45) is 1.40. The second-order valence-electron chi connectivity index (χ2n) is 5.47. The lowest BCUT2D eigenvalue weighted by Crippen LogP contribution is -2.30. The van der Waals surface area contributed by atoms with E-state index in [0.29, 0.717) is 5.52 Å². The first-order valence-electron chi connectivity index (χ1n) is 7.58. The van der Waals surface area contributed by atoms with Crippen molar-refractivity contribution in [3.05, 3.63) is 75.6 Å². The third-order valence-corrected chi connectivity index (χ3v) is 3.67.